The minimum Gasteiger partial charge on any atom is -0.383 e. The second kappa shape index (κ2) is 9.53. The Hall–Kier alpha value is -2.47. The van der Waals surface area contributed by atoms with Crippen LogP contribution in [0.5, 0.6) is 0 Å². The molecule has 0 fully saturated rings. The van der Waals surface area contributed by atoms with E-state index in [4.69, 9.17) is 4.74 Å². The first-order valence-corrected chi connectivity index (χ1v) is 7.66. The topological polar surface area (TPSA) is 76.1 Å². The van der Waals surface area contributed by atoms with E-state index in [-0.39, 0.29) is 5.91 Å². The van der Waals surface area contributed by atoms with Gasteiger partial charge in [0.2, 0.25) is 0 Å². The van der Waals surface area contributed by atoms with Crippen LogP contribution in [0.3, 0.4) is 0 Å². The maximum atomic E-state index is 12.0. The van der Waals surface area contributed by atoms with Crippen LogP contribution in [0.2, 0.25) is 0 Å². The molecule has 2 aromatic rings. The highest BCUT2D eigenvalue weighted by Crippen LogP contribution is 2.03. The van der Waals surface area contributed by atoms with Crippen LogP contribution in [0.1, 0.15) is 22.5 Å². The van der Waals surface area contributed by atoms with Crippen molar-refractivity contribution in [1.82, 2.24) is 15.3 Å². The van der Waals surface area contributed by atoms with Gasteiger partial charge in [-0.1, -0.05) is 30.3 Å². The molecule has 1 aromatic carbocycles. The minimum absolute atomic E-state index is 0.200. The van der Waals surface area contributed by atoms with Crippen molar-refractivity contribution in [2.45, 2.75) is 12.8 Å². The number of anilines is 1. The van der Waals surface area contributed by atoms with E-state index in [0.29, 0.717) is 31.2 Å². The molecule has 0 aliphatic carbocycles. The molecule has 0 aliphatic heterocycles. The lowest BCUT2D eigenvalue weighted by Gasteiger charge is -2.06. The van der Waals surface area contributed by atoms with E-state index in [9.17, 15) is 4.79 Å². The van der Waals surface area contributed by atoms with Gasteiger partial charge in [-0.3, -0.25) is 4.79 Å². The third-order valence-corrected chi connectivity index (χ3v) is 3.27. The molecule has 0 saturated carbocycles. The van der Waals surface area contributed by atoms with E-state index < -0.39 is 0 Å². The molecule has 0 saturated heterocycles. The second-order valence-corrected chi connectivity index (χ2v) is 5.05. The maximum Gasteiger partial charge on any atom is 0.271 e. The van der Waals surface area contributed by atoms with Crippen LogP contribution < -0.4 is 10.6 Å². The summed E-state index contributed by atoms with van der Waals surface area (Å²) >= 11 is 0. The number of carbonyl (C=O) groups excluding carboxylic acids is 1. The Balaban J connectivity index is 1.70. The highest BCUT2D eigenvalue weighted by molar-refractivity contribution is 5.91. The number of hydrogen-bond acceptors (Lipinski definition) is 5. The Bertz CT molecular complexity index is 587. The van der Waals surface area contributed by atoms with Crippen molar-refractivity contribution >= 4 is 11.7 Å². The van der Waals surface area contributed by atoms with E-state index in [1.165, 1.54) is 11.8 Å². The molecule has 1 amide bonds. The number of aromatic nitrogens is 2. The van der Waals surface area contributed by atoms with Crippen molar-refractivity contribution in [2.75, 3.05) is 32.1 Å². The van der Waals surface area contributed by atoms with Crippen LogP contribution in [0.4, 0.5) is 5.82 Å². The molecule has 2 N–H and O–H groups in total. The van der Waals surface area contributed by atoms with Crippen molar-refractivity contribution in [3.63, 3.8) is 0 Å². The summed E-state index contributed by atoms with van der Waals surface area (Å²) in [7, 11) is 1.64. The van der Waals surface area contributed by atoms with E-state index in [1.807, 2.05) is 18.2 Å². The number of amides is 1. The molecule has 0 aliphatic rings. The van der Waals surface area contributed by atoms with Crippen LogP contribution in [0.25, 0.3) is 0 Å². The molecule has 0 radical (unpaired) electrons. The normalized spacial score (nSPS) is 10.3. The number of nitrogens with one attached hydrogen (secondary N) is 2. The van der Waals surface area contributed by atoms with Gasteiger partial charge in [0.1, 0.15) is 11.5 Å². The number of aryl methyl sites for hydroxylation is 1. The van der Waals surface area contributed by atoms with Crippen molar-refractivity contribution in [3.8, 4) is 0 Å². The first-order valence-electron chi connectivity index (χ1n) is 7.66. The van der Waals surface area contributed by atoms with Gasteiger partial charge in [-0.05, 0) is 18.4 Å². The zero-order valence-corrected chi connectivity index (χ0v) is 13.3. The summed E-state index contributed by atoms with van der Waals surface area (Å²) in [6.07, 6.45) is 4.85. The standard InChI is InChI=1S/C17H22N4O2/c1-23-11-10-18-16-13-20-15(12-21-16)17(22)19-9-5-8-14-6-3-2-4-7-14/h2-4,6-7,12-13H,5,8-11H2,1H3,(H,18,21)(H,19,22). The summed E-state index contributed by atoms with van der Waals surface area (Å²) in [4.78, 5) is 20.2. The monoisotopic (exact) mass is 314 g/mol. The van der Waals surface area contributed by atoms with E-state index in [0.717, 1.165) is 12.8 Å². The van der Waals surface area contributed by atoms with Crippen molar-refractivity contribution in [3.05, 3.63) is 54.0 Å². The molecule has 122 valence electrons. The Morgan fingerprint density at radius 3 is 2.65 bits per heavy atom. The lowest BCUT2D eigenvalue weighted by atomic mass is 10.1. The Morgan fingerprint density at radius 2 is 1.96 bits per heavy atom. The van der Waals surface area contributed by atoms with Gasteiger partial charge in [0.15, 0.2) is 0 Å². The van der Waals surface area contributed by atoms with E-state index >= 15 is 0 Å². The van der Waals surface area contributed by atoms with Gasteiger partial charge in [-0.15, -0.1) is 0 Å². The quantitative estimate of drug-likeness (QED) is 0.691. The predicted molar refractivity (Wildman–Crippen MR) is 89.5 cm³/mol. The molecule has 6 nitrogen and oxygen atoms in total. The van der Waals surface area contributed by atoms with Gasteiger partial charge >= 0.3 is 0 Å². The van der Waals surface area contributed by atoms with Gasteiger partial charge in [0, 0.05) is 20.2 Å². The summed E-state index contributed by atoms with van der Waals surface area (Å²) in [6.45, 7) is 1.85. The summed E-state index contributed by atoms with van der Waals surface area (Å²) in [6, 6.07) is 10.2. The fraction of sp³-hybridized carbons (Fsp3) is 0.353. The largest absolute Gasteiger partial charge is 0.383 e. The lowest BCUT2D eigenvalue weighted by molar-refractivity contribution is 0.0948. The van der Waals surface area contributed by atoms with Crippen molar-refractivity contribution in [2.24, 2.45) is 0 Å². The average Bonchev–Trinajstić information content (AvgIpc) is 2.60. The molecule has 2 rings (SSSR count). The third-order valence-electron chi connectivity index (χ3n) is 3.27. The summed E-state index contributed by atoms with van der Waals surface area (Å²) in [5.74, 6) is 0.427. The number of hydrogen-bond donors (Lipinski definition) is 2. The Morgan fingerprint density at radius 1 is 1.13 bits per heavy atom. The summed E-state index contributed by atoms with van der Waals surface area (Å²) in [5.41, 5.74) is 1.59. The SMILES string of the molecule is COCCNc1cnc(C(=O)NCCCc2ccccc2)cn1. The summed E-state index contributed by atoms with van der Waals surface area (Å²) < 4.78 is 4.94. The lowest BCUT2D eigenvalue weighted by Crippen LogP contribution is -2.26. The first-order chi connectivity index (χ1) is 11.3. The number of ether oxygens (including phenoxy) is 1. The number of rotatable bonds is 9. The zero-order chi connectivity index (χ0) is 16.3. The van der Waals surface area contributed by atoms with Crippen LogP contribution in [-0.4, -0.2) is 42.7 Å². The fourth-order valence-corrected chi connectivity index (χ4v) is 2.05. The predicted octanol–water partition coefficient (Wildman–Crippen LogP) is 1.90. The molecule has 0 atom stereocenters. The molecule has 23 heavy (non-hydrogen) atoms. The van der Waals surface area contributed by atoms with Crippen LogP contribution in [0.15, 0.2) is 42.7 Å². The molecule has 1 aromatic heterocycles. The van der Waals surface area contributed by atoms with Gasteiger partial charge in [0.25, 0.3) is 5.91 Å². The van der Waals surface area contributed by atoms with Gasteiger partial charge < -0.3 is 15.4 Å². The van der Waals surface area contributed by atoms with E-state index in [1.54, 1.807) is 13.3 Å². The third kappa shape index (κ3) is 6.04. The molecule has 6 heteroatoms. The number of benzene rings is 1. The van der Waals surface area contributed by atoms with Gasteiger partial charge in [-0.2, -0.15) is 0 Å². The minimum atomic E-state index is -0.200. The Kier molecular flexibility index (Phi) is 7.00. The highest BCUT2D eigenvalue weighted by atomic mass is 16.5. The maximum absolute atomic E-state index is 12.0. The summed E-state index contributed by atoms with van der Waals surface area (Å²) in [5, 5.41) is 5.91. The van der Waals surface area contributed by atoms with Crippen molar-refractivity contribution in [1.29, 1.82) is 0 Å². The smallest absolute Gasteiger partial charge is 0.271 e. The highest BCUT2D eigenvalue weighted by Gasteiger charge is 2.07. The van der Waals surface area contributed by atoms with Crippen LogP contribution in [0, 0.1) is 0 Å². The molecular weight excluding hydrogens is 292 g/mol. The van der Waals surface area contributed by atoms with Crippen LogP contribution >= 0.6 is 0 Å². The molecule has 0 unspecified atom stereocenters. The average molecular weight is 314 g/mol. The molecular formula is C17H22N4O2. The van der Waals surface area contributed by atoms with Gasteiger partial charge in [0.05, 0.1) is 19.0 Å². The Labute approximate surface area is 136 Å². The fourth-order valence-electron chi connectivity index (χ4n) is 2.05. The number of carbonyl (C=O) groups is 1. The van der Waals surface area contributed by atoms with Crippen molar-refractivity contribution < 1.29 is 9.53 Å². The number of nitrogens with zero attached hydrogens (tertiary/aromatic N) is 2. The molecule has 1 heterocycles. The zero-order valence-electron chi connectivity index (χ0n) is 13.3. The molecule has 0 bridgehead atoms. The van der Waals surface area contributed by atoms with Gasteiger partial charge in [-0.25, -0.2) is 9.97 Å². The first kappa shape index (κ1) is 16.9. The van der Waals surface area contributed by atoms with Crippen LogP contribution in [-0.2, 0) is 11.2 Å². The number of methoxy groups -OCH3 is 1. The second-order valence-electron chi connectivity index (χ2n) is 5.05. The molecule has 0 spiro atoms. The van der Waals surface area contributed by atoms with E-state index in [2.05, 4.69) is 32.7 Å².